The van der Waals surface area contributed by atoms with Gasteiger partial charge in [-0.3, -0.25) is 14.3 Å². The third kappa shape index (κ3) is 3.67. The van der Waals surface area contributed by atoms with Crippen LogP contribution in [0.4, 0.5) is 0 Å². The Kier molecular flexibility index (Phi) is 5.17. The predicted molar refractivity (Wildman–Crippen MR) is 115 cm³/mol. The fraction of sp³-hybridized carbons (Fsp3) is 0.250. The second-order valence-corrected chi connectivity index (χ2v) is 7.48. The highest BCUT2D eigenvalue weighted by atomic mass is 16.5. The first kappa shape index (κ1) is 18.8. The normalized spacial score (nSPS) is 17.3. The monoisotopic (exact) mass is 400 g/mol. The van der Waals surface area contributed by atoms with E-state index in [-0.39, 0.29) is 6.10 Å². The fourth-order valence-corrected chi connectivity index (χ4v) is 4.07. The fourth-order valence-electron chi connectivity index (χ4n) is 4.07. The highest BCUT2D eigenvalue weighted by Gasteiger charge is 2.26. The Bertz CT molecular complexity index is 1140. The molecule has 30 heavy (non-hydrogen) atoms. The Hall–Kier alpha value is -3.22. The van der Waals surface area contributed by atoms with E-state index in [1.807, 2.05) is 43.0 Å². The highest BCUT2D eigenvalue weighted by molar-refractivity contribution is 5.67. The van der Waals surface area contributed by atoms with Crippen molar-refractivity contribution in [2.45, 2.75) is 12.6 Å². The van der Waals surface area contributed by atoms with E-state index in [1.165, 1.54) is 5.56 Å². The number of imidazole rings is 1. The Morgan fingerprint density at radius 1 is 1.13 bits per heavy atom. The number of pyridine rings is 2. The minimum absolute atomic E-state index is 0.0546. The summed E-state index contributed by atoms with van der Waals surface area (Å²) in [7, 11) is 1.69. The first-order valence-corrected chi connectivity index (χ1v) is 10.1. The lowest BCUT2D eigenvalue weighted by molar-refractivity contribution is -0.0341. The summed E-state index contributed by atoms with van der Waals surface area (Å²) < 4.78 is 13.7. The number of benzene rings is 1. The molecule has 0 saturated carbocycles. The van der Waals surface area contributed by atoms with Crippen LogP contribution in [0.1, 0.15) is 17.4 Å². The largest absolute Gasteiger partial charge is 0.497 e. The van der Waals surface area contributed by atoms with Crippen LogP contribution in [-0.2, 0) is 11.3 Å². The molecule has 6 nitrogen and oxygen atoms in total. The van der Waals surface area contributed by atoms with E-state index in [0.717, 1.165) is 47.9 Å². The van der Waals surface area contributed by atoms with Gasteiger partial charge in [0.25, 0.3) is 0 Å². The van der Waals surface area contributed by atoms with E-state index in [2.05, 4.69) is 44.6 Å². The minimum atomic E-state index is -0.0546. The van der Waals surface area contributed by atoms with Crippen LogP contribution < -0.4 is 4.74 Å². The van der Waals surface area contributed by atoms with Crippen molar-refractivity contribution in [1.29, 1.82) is 0 Å². The number of rotatable bonds is 5. The number of aromatic nitrogens is 3. The second kappa shape index (κ2) is 8.26. The summed E-state index contributed by atoms with van der Waals surface area (Å²) in [6.45, 7) is 3.28. The van der Waals surface area contributed by atoms with Crippen LogP contribution in [0.25, 0.3) is 16.8 Å². The minimum Gasteiger partial charge on any atom is -0.497 e. The summed E-state index contributed by atoms with van der Waals surface area (Å²) in [6, 6.07) is 18.5. The number of nitrogens with zero attached hydrogens (tertiary/aromatic N) is 4. The molecule has 1 atom stereocenters. The van der Waals surface area contributed by atoms with Crippen molar-refractivity contribution < 1.29 is 9.47 Å². The van der Waals surface area contributed by atoms with Crippen LogP contribution in [0.2, 0.25) is 0 Å². The smallest absolute Gasteiger partial charge is 0.119 e. The van der Waals surface area contributed by atoms with Gasteiger partial charge in [-0.1, -0.05) is 24.3 Å². The van der Waals surface area contributed by atoms with Crippen molar-refractivity contribution in [3.8, 4) is 17.0 Å². The zero-order valence-electron chi connectivity index (χ0n) is 16.9. The van der Waals surface area contributed by atoms with Crippen molar-refractivity contribution in [2.75, 3.05) is 26.8 Å². The summed E-state index contributed by atoms with van der Waals surface area (Å²) in [4.78, 5) is 11.4. The van der Waals surface area contributed by atoms with Gasteiger partial charge in [-0.2, -0.15) is 0 Å². The quantitative estimate of drug-likeness (QED) is 0.507. The highest BCUT2D eigenvalue weighted by Crippen LogP contribution is 2.30. The van der Waals surface area contributed by atoms with Crippen molar-refractivity contribution in [3.63, 3.8) is 0 Å². The van der Waals surface area contributed by atoms with Crippen molar-refractivity contribution >= 4 is 5.52 Å². The van der Waals surface area contributed by atoms with Crippen molar-refractivity contribution in [2.24, 2.45) is 0 Å². The third-order valence-corrected chi connectivity index (χ3v) is 5.55. The molecule has 1 aliphatic rings. The van der Waals surface area contributed by atoms with Crippen LogP contribution in [-0.4, -0.2) is 46.1 Å². The lowest BCUT2D eigenvalue weighted by atomic mass is 10.1. The van der Waals surface area contributed by atoms with E-state index in [0.29, 0.717) is 6.61 Å². The zero-order chi connectivity index (χ0) is 20.3. The van der Waals surface area contributed by atoms with Gasteiger partial charge in [0.15, 0.2) is 0 Å². The van der Waals surface area contributed by atoms with Crippen LogP contribution in [0.15, 0.2) is 73.3 Å². The maximum Gasteiger partial charge on any atom is 0.119 e. The Morgan fingerprint density at radius 3 is 2.93 bits per heavy atom. The van der Waals surface area contributed by atoms with Crippen molar-refractivity contribution in [3.05, 3.63) is 84.6 Å². The van der Waals surface area contributed by atoms with E-state index >= 15 is 0 Å². The van der Waals surface area contributed by atoms with Crippen molar-refractivity contribution in [1.82, 2.24) is 19.3 Å². The van der Waals surface area contributed by atoms with E-state index < -0.39 is 0 Å². The first-order chi connectivity index (χ1) is 14.8. The summed E-state index contributed by atoms with van der Waals surface area (Å²) >= 11 is 0. The Morgan fingerprint density at radius 2 is 2.07 bits per heavy atom. The Balaban J connectivity index is 1.43. The SMILES string of the molecule is COc1cccc(-c2cccc3c(C4CN(Cc5cccnc5)CCO4)ncn23)c1. The Labute approximate surface area is 175 Å². The molecule has 4 heterocycles. The lowest BCUT2D eigenvalue weighted by Crippen LogP contribution is -2.38. The summed E-state index contributed by atoms with van der Waals surface area (Å²) in [5.74, 6) is 0.839. The van der Waals surface area contributed by atoms with Crippen LogP contribution >= 0.6 is 0 Å². The maximum absolute atomic E-state index is 6.13. The molecule has 5 rings (SSSR count). The molecule has 152 valence electrons. The molecule has 1 aromatic carbocycles. The molecule has 0 spiro atoms. The summed E-state index contributed by atoms with van der Waals surface area (Å²) in [5, 5.41) is 0. The number of ether oxygens (including phenoxy) is 2. The molecule has 0 N–H and O–H groups in total. The van der Waals surface area contributed by atoms with Gasteiger partial charge >= 0.3 is 0 Å². The van der Waals surface area contributed by atoms with Gasteiger partial charge in [-0.15, -0.1) is 0 Å². The van der Waals surface area contributed by atoms with Gasteiger partial charge in [0.1, 0.15) is 18.2 Å². The average Bonchev–Trinajstić information content (AvgIpc) is 3.24. The molecule has 0 aliphatic carbocycles. The van der Waals surface area contributed by atoms with Gasteiger partial charge < -0.3 is 9.47 Å². The van der Waals surface area contributed by atoms with Gasteiger partial charge in [-0.25, -0.2) is 4.98 Å². The molecule has 3 aromatic heterocycles. The van der Waals surface area contributed by atoms with Gasteiger partial charge in [0.05, 0.1) is 30.6 Å². The third-order valence-electron chi connectivity index (χ3n) is 5.55. The molecule has 1 fully saturated rings. The molecule has 1 unspecified atom stereocenters. The number of morpholine rings is 1. The second-order valence-electron chi connectivity index (χ2n) is 7.48. The van der Waals surface area contributed by atoms with Gasteiger partial charge in [0, 0.05) is 37.6 Å². The molecule has 0 amide bonds. The van der Waals surface area contributed by atoms with E-state index in [1.54, 1.807) is 7.11 Å². The number of hydrogen-bond acceptors (Lipinski definition) is 5. The average molecular weight is 400 g/mol. The van der Waals surface area contributed by atoms with Crippen LogP contribution in [0.5, 0.6) is 5.75 Å². The molecular weight excluding hydrogens is 376 g/mol. The molecule has 0 radical (unpaired) electrons. The predicted octanol–water partition coefficient (Wildman–Crippen LogP) is 3.98. The first-order valence-electron chi connectivity index (χ1n) is 10.1. The van der Waals surface area contributed by atoms with Gasteiger partial charge in [-0.05, 0) is 35.9 Å². The number of hydrogen-bond donors (Lipinski definition) is 0. The molecular formula is C24H24N4O2. The molecule has 1 aliphatic heterocycles. The zero-order valence-corrected chi connectivity index (χ0v) is 16.9. The standard InChI is InChI=1S/C24H24N4O2/c1-29-20-7-2-6-19(13-20)21-8-3-9-22-24(26-17-28(21)22)23-16-27(11-12-30-23)15-18-5-4-10-25-14-18/h2-10,13-14,17,23H,11-12,15-16H2,1H3. The number of fused-ring (bicyclic) bond motifs is 1. The summed E-state index contributed by atoms with van der Waals surface area (Å²) in [5.41, 5.74) is 5.44. The van der Waals surface area contributed by atoms with E-state index in [4.69, 9.17) is 14.5 Å². The summed E-state index contributed by atoms with van der Waals surface area (Å²) in [6.07, 6.45) is 5.57. The molecule has 1 saturated heterocycles. The maximum atomic E-state index is 6.13. The van der Waals surface area contributed by atoms with Crippen LogP contribution in [0.3, 0.4) is 0 Å². The topological polar surface area (TPSA) is 51.9 Å². The molecule has 6 heteroatoms. The number of methoxy groups -OCH3 is 1. The van der Waals surface area contributed by atoms with Gasteiger partial charge in [0.2, 0.25) is 0 Å². The lowest BCUT2D eigenvalue weighted by Gasteiger charge is -2.32. The van der Waals surface area contributed by atoms with Crippen LogP contribution in [0, 0.1) is 0 Å². The molecule has 4 aromatic rings. The van der Waals surface area contributed by atoms with E-state index in [9.17, 15) is 0 Å². The molecule has 0 bridgehead atoms.